The number of hydrogen-bond acceptors (Lipinski definition) is 4. The van der Waals surface area contributed by atoms with Gasteiger partial charge in [-0.1, -0.05) is 47.7 Å². The van der Waals surface area contributed by atoms with E-state index in [1.54, 1.807) is 6.92 Å². The fourth-order valence-electron chi connectivity index (χ4n) is 3.96. The lowest BCUT2D eigenvalue weighted by Gasteiger charge is -2.29. The molecule has 0 N–H and O–H groups in total. The molecule has 28 heavy (non-hydrogen) atoms. The van der Waals surface area contributed by atoms with Crippen LogP contribution >= 0.6 is 0 Å². The van der Waals surface area contributed by atoms with Gasteiger partial charge in [0.2, 0.25) is 0 Å². The summed E-state index contributed by atoms with van der Waals surface area (Å²) in [6.45, 7) is 6.39. The van der Waals surface area contributed by atoms with Gasteiger partial charge in [0.15, 0.2) is 0 Å². The number of anilines is 1. The van der Waals surface area contributed by atoms with E-state index in [0.717, 1.165) is 49.4 Å². The molecule has 2 aromatic carbocycles. The van der Waals surface area contributed by atoms with Crippen molar-refractivity contribution < 1.29 is 4.79 Å². The number of benzene rings is 2. The van der Waals surface area contributed by atoms with Crippen LogP contribution in [0.3, 0.4) is 0 Å². The third-order valence-electron chi connectivity index (χ3n) is 5.40. The second-order valence-corrected chi connectivity index (χ2v) is 7.36. The summed E-state index contributed by atoms with van der Waals surface area (Å²) in [7, 11) is 0. The van der Waals surface area contributed by atoms with E-state index in [2.05, 4.69) is 70.7 Å². The molecule has 5 heteroatoms. The molecule has 0 unspecified atom stereocenters. The molecule has 1 aliphatic heterocycles. The summed E-state index contributed by atoms with van der Waals surface area (Å²) in [6.07, 6.45) is 2.42. The Labute approximate surface area is 166 Å². The van der Waals surface area contributed by atoms with Gasteiger partial charge >= 0.3 is 0 Å². The maximum absolute atomic E-state index is 11.3. The Kier molecular flexibility index (Phi) is 5.24. The van der Waals surface area contributed by atoms with Gasteiger partial charge in [0.1, 0.15) is 11.5 Å². The maximum Gasteiger partial charge on any atom is 0.129 e. The van der Waals surface area contributed by atoms with Gasteiger partial charge in [-0.25, -0.2) is 4.68 Å². The van der Waals surface area contributed by atoms with Crippen LogP contribution in [0.25, 0.3) is 22.5 Å². The average Bonchev–Trinajstić information content (AvgIpc) is 3.11. The Morgan fingerprint density at radius 1 is 1.04 bits per heavy atom. The molecule has 0 saturated carbocycles. The lowest BCUT2D eigenvalue weighted by atomic mass is 9.95. The molecule has 144 valence electrons. The van der Waals surface area contributed by atoms with Crippen LogP contribution in [0.4, 0.5) is 5.69 Å². The number of hydrogen-bond donors (Lipinski definition) is 0. The van der Waals surface area contributed by atoms with E-state index in [9.17, 15) is 4.79 Å². The third kappa shape index (κ3) is 3.44. The number of para-hydroxylation sites is 1. The Morgan fingerprint density at radius 2 is 1.79 bits per heavy atom. The minimum Gasteiger partial charge on any atom is -0.367 e. The van der Waals surface area contributed by atoms with Crippen molar-refractivity contribution in [3.8, 4) is 22.5 Å². The van der Waals surface area contributed by atoms with Crippen LogP contribution in [-0.4, -0.2) is 27.3 Å². The van der Waals surface area contributed by atoms with E-state index in [0.29, 0.717) is 6.42 Å². The third-order valence-corrected chi connectivity index (χ3v) is 5.40. The minimum atomic E-state index is 0.242. The molecule has 0 saturated heterocycles. The number of unbranched alkanes of at least 4 members (excludes halogenated alkanes) is 1. The molecule has 5 nitrogen and oxygen atoms in total. The van der Waals surface area contributed by atoms with Crippen LogP contribution in [-0.2, 0) is 17.9 Å². The molecule has 0 spiro atoms. The number of carbonyl (C=O) groups excluding carboxylic acids is 1. The van der Waals surface area contributed by atoms with E-state index in [1.807, 2.05) is 4.68 Å². The van der Waals surface area contributed by atoms with Crippen molar-refractivity contribution in [3.63, 3.8) is 0 Å². The van der Waals surface area contributed by atoms with Crippen LogP contribution < -0.4 is 4.90 Å². The SMILES string of the molecule is CCN1Cc2ccccc2-c2nnn(CCCCC(C)=O)c2-c2ccccc21. The van der Waals surface area contributed by atoms with Gasteiger partial charge in [0.25, 0.3) is 0 Å². The predicted molar refractivity (Wildman–Crippen MR) is 112 cm³/mol. The number of nitrogens with zero attached hydrogens (tertiary/aromatic N) is 4. The molecule has 4 rings (SSSR count). The molecule has 0 aliphatic carbocycles. The van der Waals surface area contributed by atoms with Gasteiger partial charge in [-0.2, -0.15) is 0 Å². The summed E-state index contributed by atoms with van der Waals surface area (Å²) >= 11 is 0. The first kappa shape index (κ1) is 18.4. The lowest BCUT2D eigenvalue weighted by molar-refractivity contribution is -0.117. The quantitative estimate of drug-likeness (QED) is 0.586. The summed E-state index contributed by atoms with van der Waals surface area (Å²) in [5.74, 6) is 0.242. The molecule has 0 fully saturated rings. The molecular weight excluding hydrogens is 348 g/mol. The molecular formula is C23H26N4O. The zero-order valence-corrected chi connectivity index (χ0v) is 16.6. The van der Waals surface area contributed by atoms with Gasteiger partial charge in [0, 0.05) is 42.9 Å². The topological polar surface area (TPSA) is 51.0 Å². The number of aryl methyl sites for hydroxylation is 1. The highest BCUT2D eigenvalue weighted by Crippen LogP contribution is 2.40. The first-order valence-corrected chi connectivity index (χ1v) is 10.0. The highest BCUT2D eigenvalue weighted by molar-refractivity contribution is 5.88. The Balaban J connectivity index is 1.82. The zero-order chi connectivity index (χ0) is 19.5. The standard InChI is InChI=1S/C23H26N4O/c1-3-26-16-18-11-4-5-12-19(18)22-23(20-13-6-7-14-21(20)26)27(25-24-22)15-9-8-10-17(2)28/h4-7,11-14H,3,8-10,15-16H2,1-2H3. The Bertz CT molecular complexity index is 992. The molecule has 0 bridgehead atoms. The van der Waals surface area contributed by atoms with Gasteiger partial charge < -0.3 is 9.69 Å². The Morgan fingerprint density at radius 3 is 2.57 bits per heavy atom. The molecule has 0 radical (unpaired) electrons. The minimum absolute atomic E-state index is 0.242. The number of Topliss-reactive ketones (excluding diaryl/α,β-unsaturated/α-hetero) is 1. The van der Waals surface area contributed by atoms with Gasteiger partial charge in [-0.05, 0) is 38.3 Å². The molecule has 1 aliphatic rings. The van der Waals surface area contributed by atoms with Crippen molar-refractivity contribution in [1.82, 2.24) is 15.0 Å². The Hall–Kier alpha value is -2.95. The largest absolute Gasteiger partial charge is 0.367 e. The van der Waals surface area contributed by atoms with Crippen LogP contribution in [0.15, 0.2) is 48.5 Å². The lowest BCUT2D eigenvalue weighted by Crippen LogP contribution is -2.24. The second kappa shape index (κ2) is 7.97. The maximum atomic E-state index is 11.3. The normalized spacial score (nSPS) is 12.6. The van der Waals surface area contributed by atoms with E-state index >= 15 is 0 Å². The number of aromatic nitrogens is 3. The van der Waals surface area contributed by atoms with Crippen LogP contribution in [0.1, 0.15) is 38.7 Å². The van der Waals surface area contributed by atoms with E-state index in [4.69, 9.17) is 0 Å². The first-order valence-electron chi connectivity index (χ1n) is 10.0. The van der Waals surface area contributed by atoms with Crippen molar-refractivity contribution in [2.24, 2.45) is 0 Å². The van der Waals surface area contributed by atoms with Crippen molar-refractivity contribution in [1.29, 1.82) is 0 Å². The zero-order valence-electron chi connectivity index (χ0n) is 16.6. The molecule has 0 atom stereocenters. The number of ketones is 1. The highest BCUT2D eigenvalue weighted by Gasteiger charge is 2.25. The van der Waals surface area contributed by atoms with Crippen molar-refractivity contribution in [3.05, 3.63) is 54.1 Å². The van der Waals surface area contributed by atoms with E-state index in [1.165, 1.54) is 16.8 Å². The number of fused-ring (bicyclic) bond motifs is 5. The molecule has 0 amide bonds. The van der Waals surface area contributed by atoms with Crippen LogP contribution in [0, 0.1) is 0 Å². The van der Waals surface area contributed by atoms with Gasteiger partial charge in [-0.15, -0.1) is 5.10 Å². The predicted octanol–water partition coefficient (Wildman–Crippen LogP) is 4.71. The smallest absolute Gasteiger partial charge is 0.129 e. The van der Waals surface area contributed by atoms with Crippen molar-refractivity contribution in [2.75, 3.05) is 11.4 Å². The molecule has 1 aromatic heterocycles. The molecule has 2 heterocycles. The van der Waals surface area contributed by atoms with Crippen LogP contribution in [0.2, 0.25) is 0 Å². The van der Waals surface area contributed by atoms with Crippen molar-refractivity contribution >= 4 is 11.5 Å². The van der Waals surface area contributed by atoms with Crippen LogP contribution in [0.5, 0.6) is 0 Å². The molecule has 3 aromatic rings. The summed E-state index contributed by atoms with van der Waals surface area (Å²) in [6, 6.07) is 17.0. The first-order chi connectivity index (χ1) is 13.7. The highest BCUT2D eigenvalue weighted by atomic mass is 16.1. The fourth-order valence-corrected chi connectivity index (χ4v) is 3.96. The van der Waals surface area contributed by atoms with Gasteiger partial charge in [-0.3, -0.25) is 0 Å². The summed E-state index contributed by atoms with van der Waals surface area (Å²) in [5, 5.41) is 9.10. The summed E-state index contributed by atoms with van der Waals surface area (Å²) < 4.78 is 2.02. The number of carbonyl (C=O) groups is 1. The number of rotatable bonds is 6. The van der Waals surface area contributed by atoms with E-state index in [-0.39, 0.29) is 5.78 Å². The average molecular weight is 374 g/mol. The summed E-state index contributed by atoms with van der Waals surface area (Å²) in [4.78, 5) is 13.7. The summed E-state index contributed by atoms with van der Waals surface area (Å²) in [5.41, 5.74) is 6.83. The fraction of sp³-hybridized carbons (Fsp3) is 0.348. The van der Waals surface area contributed by atoms with E-state index < -0.39 is 0 Å². The monoisotopic (exact) mass is 374 g/mol. The second-order valence-electron chi connectivity index (χ2n) is 7.36. The van der Waals surface area contributed by atoms with Crippen molar-refractivity contribution in [2.45, 2.75) is 46.2 Å². The van der Waals surface area contributed by atoms with Gasteiger partial charge in [0.05, 0.1) is 5.69 Å².